The highest BCUT2D eigenvalue weighted by atomic mass is 16.3. The van der Waals surface area contributed by atoms with Crippen LogP contribution in [0.2, 0.25) is 0 Å². The van der Waals surface area contributed by atoms with Crippen LogP contribution in [-0.4, -0.2) is 47.6 Å². The van der Waals surface area contributed by atoms with Crippen molar-refractivity contribution in [1.29, 1.82) is 0 Å². The number of likely N-dealkylation sites (N-methyl/N-ethyl adjacent to an activating group) is 1. The van der Waals surface area contributed by atoms with Crippen LogP contribution in [0.1, 0.15) is 36.3 Å². The topological polar surface area (TPSA) is 65.5 Å². The Morgan fingerprint density at radius 2 is 2.21 bits per heavy atom. The molecule has 0 aliphatic carbocycles. The average Bonchev–Trinajstić information content (AvgIpc) is 2.37. The Labute approximate surface area is 114 Å². The first kappa shape index (κ1) is 15.4. The number of carbonyl (C=O) groups is 1. The molecule has 0 radical (unpaired) electrons. The maximum atomic E-state index is 12.3. The highest BCUT2D eigenvalue weighted by Crippen LogP contribution is 2.13. The van der Waals surface area contributed by atoms with E-state index in [1.165, 1.54) is 4.90 Å². The van der Waals surface area contributed by atoms with Crippen molar-refractivity contribution in [3.8, 4) is 0 Å². The zero-order valence-electron chi connectivity index (χ0n) is 12.1. The predicted octanol–water partition coefficient (Wildman–Crippen LogP) is 1.53. The maximum absolute atomic E-state index is 12.3. The number of pyridine rings is 1. The number of anilines is 1. The minimum atomic E-state index is -0.533. The number of hydrogen-bond donors (Lipinski definition) is 2. The quantitative estimate of drug-likeness (QED) is 0.818. The van der Waals surface area contributed by atoms with Crippen LogP contribution >= 0.6 is 0 Å². The second kappa shape index (κ2) is 7.09. The zero-order valence-corrected chi connectivity index (χ0v) is 12.1. The lowest BCUT2D eigenvalue weighted by Crippen LogP contribution is -2.33. The van der Waals surface area contributed by atoms with Crippen LogP contribution in [0.15, 0.2) is 12.1 Å². The van der Waals surface area contributed by atoms with Crippen molar-refractivity contribution in [2.75, 3.05) is 26.0 Å². The molecule has 0 bridgehead atoms. The number of rotatable bonds is 6. The van der Waals surface area contributed by atoms with Gasteiger partial charge in [0.15, 0.2) is 0 Å². The number of aliphatic hydroxyl groups excluding tert-OH is 1. The minimum Gasteiger partial charge on any atom is -0.392 e. The number of hydrogen-bond acceptors (Lipinski definition) is 4. The Hall–Kier alpha value is -1.62. The summed E-state index contributed by atoms with van der Waals surface area (Å²) in [6, 6.07) is 3.56. The summed E-state index contributed by atoms with van der Waals surface area (Å²) in [5.41, 5.74) is 1.51. The molecule has 1 heterocycles. The molecule has 106 valence electrons. The van der Waals surface area contributed by atoms with Gasteiger partial charge < -0.3 is 15.3 Å². The van der Waals surface area contributed by atoms with Gasteiger partial charge in [0.1, 0.15) is 5.82 Å². The van der Waals surface area contributed by atoms with E-state index in [4.69, 9.17) is 0 Å². The number of nitrogens with one attached hydrogen (secondary N) is 1. The summed E-state index contributed by atoms with van der Waals surface area (Å²) in [6.45, 7) is 4.06. The molecule has 1 unspecified atom stereocenters. The van der Waals surface area contributed by atoms with Crippen LogP contribution in [0.5, 0.6) is 0 Å². The molecule has 1 rings (SSSR count). The predicted molar refractivity (Wildman–Crippen MR) is 76.4 cm³/mol. The van der Waals surface area contributed by atoms with Gasteiger partial charge in [-0.25, -0.2) is 4.98 Å². The van der Waals surface area contributed by atoms with Gasteiger partial charge in [0.25, 0.3) is 5.91 Å². The van der Waals surface area contributed by atoms with Gasteiger partial charge >= 0.3 is 0 Å². The van der Waals surface area contributed by atoms with E-state index < -0.39 is 6.10 Å². The molecule has 2 N–H and O–H groups in total. The maximum Gasteiger partial charge on any atom is 0.253 e. The van der Waals surface area contributed by atoms with Gasteiger partial charge in [-0.05, 0) is 25.5 Å². The van der Waals surface area contributed by atoms with Crippen LogP contribution in [0, 0.1) is 0 Å². The number of nitrogens with zero attached hydrogens (tertiary/aromatic N) is 2. The minimum absolute atomic E-state index is 0.0999. The van der Waals surface area contributed by atoms with Crippen molar-refractivity contribution in [3.63, 3.8) is 0 Å². The second-order valence-electron chi connectivity index (χ2n) is 4.77. The monoisotopic (exact) mass is 265 g/mol. The van der Waals surface area contributed by atoms with Crippen molar-refractivity contribution in [3.05, 3.63) is 23.4 Å². The third-order valence-electron chi connectivity index (χ3n) is 2.77. The second-order valence-corrected chi connectivity index (χ2v) is 4.77. The highest BCUT2D eigenvalue weighted by molar-refractivity contribution is 5.94. The lowest BCUT2D eigenvalue weighted by molar-refractivity contribution is 0.0703. The SMILES string of the molecule is CCCc1cc(C(=O)N(C)CC(C)O)cc(NC)n1. The summed E-state index contributed by atoms with van der Waals surface area (Å²) in [7, 11) is 3.47. The molecular weight excluding hydrogens is 242 g/mol. The fraction of sp³-hybridized carbons (Fsp3) is 0.571. The first-order valence-electron chi connectivity index (χ1n) is 6.60. The number of aromatic nitrogens is 1. The molecule has 5 heteroatoms. The number of aliphatic hydroxyl groups is 1. The van der Waals surface area contributed by atoms with Crippen molar-refractivity contribution in [2.45, 2.75) is 32.8 Å². The van der Waals surface area contributed by atoms with Crippen LogP contribution in [0.4, 0.5) is 5.82 Å². The van der Waals surface area contributed by atoms with Crippen molar-refractivity contribution in [2.24, 2.45) is 0 Å². The summed E-state index contributed by atoms with van der Waals surface area (Å²) in [5, 5.41) is 12.3. The molecule has 1 amide bonds. The third-order valence-corrected chi connectivity index (χ3v) is 2.77. The van der Waals surface area contributed by atoms with E-state index in [2.05, 4.69) is 17.2 Å². The molecular formula is C14H23N3O2. The van der Waals surface area contributed by atoms with Gasteiger partial charge in [0.2, 0.25) is 0 Å². The molecule has 0 saturated carbocycles. The molecule has 19 heavy (non-hydrogen) atoms. The van der Waals surface area contributed by atoms with E-state index in [1.807, 2.05) is 6.07 Å². The van der Waals surface area contributed by atoms with E-state index in [1.54, 1.807) is 27.1 Å². The summed E-state index contributed by atoms with van der Waals surface area (Å²) >= 11 is 0. The molecule has 1 aromatic rings. The molecule has 0 aliphatic heterocycles. The average molecular weight is 265 g/mol. The van der Waals surface area contributed by atoms with E-state index in [0.29, 0.717) is 17.9 Å². The van der Waals surface area contributed by atoms with Crippen molar-refractivity contribution in [1.82, 2.24) is 9.88 Å². The molecule has 0 spiro atoms. The summed E-state index contributed by atoms with van der Waals surface area (Å²) < 4.78 is 0. The summed E-state index contributed by atoms with van der Waals surface area (Å²) in [5.74, 6) is 0.594. The number of aryl methyl sites for hydroxylation is 1. The number of amides is 1. The third kappa shape index (κ3) is 4.52. The van der Waals surface area contributed by atoms with Gasteiger partial charge in [-0.15, -0.1) is 0 Å². The fourth-order valence-corrected chi connectivity index (χ4v) is 1.92. The summed E-state index contributed by atoms with van der Waals surface area (Å²) in [4.78, 5) is 18.2. The molecule has 0 aliphatic rings. The Balaban J connectivity index is 2.97. The summed E-state index contributed by atoms with van der Waals surface area (Å²) in [6.07, 6.45) is 1.29. The fourth-order valence-electron chi connectivity index (χ4n) is 1.92. The lowest BCUT2D eigenvalue weighted by Gasteiger charge is -2.19. The van der Waals surface area contributed by atoms with E-state index >= 15 is 0 Å². The highest BCUT2D eigenvalue weighted by Gasteiger charge is 2.15. The zero-order chi connectivity index (χ0) is 14.4. The molecule has 0 aromatic carbocycles. The Morgan fingerprint density at radius 3 is 2.74 bits per heavy atom. The Kier molecular flexibility index (Phi) is 5.76. The van der Waals surface area contributed by atoms with Gasteiger partial charge in [-0.3, -0.25) is 4.79 Å². The normalized spacial score (nSPS) is 12.1. The molecule has 1 aromatic heterocycles. The molecule has 5 nitrogen and oxygen atoms in total. The standard InChI is InChI=1S/C14H23N3O2/c1-5-6-12-7-11(8-13(15-3)16-12)14(19)17(4)9-10(2)18/h7-8,10,18H,5-6,9H2,1-4H3,(H,15,16). The molecule has 0 fully saturated rings. The van der Waals surface area contributed by atoms with E-state index in [9.17, 15) is 9.90 Å². The first-order valence-corrected chi connectivity index (χ1v) is 6.60. The molecule has 1 atom stereocenters. The van der Waals surface area contributed by atoms with Gasteiger partial charge in [-0.2, -0.15) is 0 Å². The van der Waals surface area contributed by atoms with Gasteiger partial charge in [0.05, 0.1) is 6.10 Å². The Bertz CT molecular complexity index is 433. The lowest BCUT2D eigenvalue weighted by atomic mass is 10.1. The van der Waals surface area contributed by atoms with Crippen LogP contribution in [-0.2, 0) is 6.42 Å². The van der Waals surface area contributed by atoms with E-state index in [-0.39, 0.29) is 5.91 Å². The van der Waals surface area contributed by atoms with Crippen LogP contribution in [0.3, 0.4) is 0 Å². The van der Waals surface area contributed by atoms with Gasteiger partial charge in [-0.1, -0.05) is 13.3 Å². The first-order chi connectivity index (χ1) is 8.97. The molecule has 0 saturated heterocycles. The Morgan fingerprint density at radius 1 is 1.53 bits per heavy atom. The van der Waals surface area contributed by atoms with Crippen molar-refractivity contribution >= 4 is 11.7 Å². The smallest absolute Gasteiger partial charge is 0.253 e. The van der Waals surface area contributed by atoms with Crippen LogP contribution in [0.25, 0.3) is 0 Å². The largest absolute Gasteiger partial charge is 0.392 e. The van der Waals surface area contributed by atoms with E-state index in [0.717, 1.165) is 18.5 Å². The van der Waals surface area contributed by atoms with Crippen LogP contribution < -0.4 is 5.32 Å². The number of carbonyl (C=O) groups excluding carboxylic acids is 1. The van der Waals surface area contributed by atoms with Gasteiger partial charge in [0, 0.05) is 31.9 Å². The van der Waals surface area contributed by atoms with Crippen molar-refractivity contribution < 1.29 is 9.90 Å².